The Morgan fingerprint density at radius 3 is 2.43 bits per heavy atom. The Labute approximate surface area is 214 Å². The Kier molecular flexibility index (Phi) is 7.90. The number of rotatable bonds is 7. The fraction of sp³-hybridized carbons (Fsp3) is 0.269. The average Bonchev–Trinajstić information content (AvgIpc) is 2.85. The molecule has 0 aliphatic carbocycles. The van der Waals surface area contributed by atoms with Crippen molar-refractivity contribution in [2.75, 3.05) is 26.2 Å². The van der Waals surface area contributed by atoms with E-state index in [9.17, 15) is 14.9 Å². The highest BCUT2D eigenvalue weighted by atomic mass is 35.5. The van der Waals surface area contributed by atoms with Gasteiger partial charge in [-0.2, -0.15) is 0 Å². The van der Waals surface area contributed by atoms with Crippen LogP contribution in [0.2, 0.25) is 10.0 Å². The largest absolute Gasteiger partial charge is 0.489 e. The van der Waals surface area contributed by atoms with Gasteiger partial charge < -0.3 is 9.64 Å². The number of halogens is 2. The van der Waals surface area contributed by atoms with Gasteiger partial charge in [0.05, 0.1) is 15.0 Å². The summed E-state index contributed by atoms with van der Waals surface area (Å²) >= 11 is 12.1. The second-order valence-corrected chi connectivity index (χ2v) is 9.33. The zero-order chi connectivity index (χ0) is 24.9. The number of nitro groups is 1. The second kappa shape index (κ2) is 11.1. The van der Waals surface area contributed by atoms with E-state index in [0.29, 0.717) is 40.0 Å². The van der Waals surface area contributed by atoms with Gasteiger partial charge in [-0.25, -0.2) is 0 Å². The zero-order valence-corrected chi connectivity index (χ0v) is 20.8. The van der Waals surface area contributed by atoms with Crippen LogP contribution in [0, 0.1) is 17.0 Å². The lowest BCUT2D eigenvalue weighted by atomic mass is 10.1. The number of benzene rings is 3. The first kappa shape index (κ1) is 25.0. The van der Waals surface area contributed by atoms with Gasteiger partial charge in [0, 0.05) is 49.9 Å². The minimum atomic E-state index is -0.415. The second-order valence-electron chi connectivity index (χ2n) is 8.51. The number of piperazine rings is 1. The van der Waals surface area contributed by atoms with Gasteiger partial charge in [-0.15, -0.1) is 0 Å². The molecule has 182 valence electrons. The lowest BCUT2D eigenvalue weighted by molar-refractivity contribution is -0.385. The van der Waals surface area contributed by atoms with Crippen LogP contribution in [0.4, 0.5) is 5.69 Å². The molecule has 0 aromatic heterocycles. The molecular weight excluding hydrogens is 489 g/mol. The maximum absolute atomic E-state index is 13.1. The first-order valence-electron chi connectivity index (χ1n) is 11.2. The van der Waals surface area contributed by atoms with Crippen LogP contribution in [0.25, 0.3) is 0 Å². The first-order chi connectivity index (χ1) is 16.8. The predicted octanol–water partition coefficient (Wildman–Crippen LogP) is 5.75. The fourth-order valence-electron chi connectivity index (χ4n) is 4.07. The van der Waals surface area contributed by atoms with Gasteiger partial charge in [-0.3, -0.25) is 19.8 Å². The molecule has 0 saturated carbocycles. The van der Waals surface area contributed by atoms with E-state index in [-0.39, 0.29) is 18.2 Å². The summed E-state index contributed by atoms with van der Waals surface area (Å²) in [5, 5.41) is 12.1. The van der Waals surface area contributed by atoms with Gasteiger partial charge in [0.2, 0.25) is 0 Å². The molecular formula is C26H25Cl2N3O4. The number of nitrogens with zero attached hydrogens (tertiary/aromatic N) is 3. The SMILES string of the molecule is Cc1cc(OCc2cccc(C(=O)N3CCN(Cc4ccc(Cl)c(Cl)c4)CC3)c2)ccc1[N+](=O)[O-]. The van der Waals surface area contributed by atoms with Crippen LogP contribution in [-0.2, 0) is 13.2 Å². The van der Waals surface area contributed by atoms with Crippen LogP contribution in [0.5, 0.6) is 5.75 Å². The van der Waals surface area contributed by atoms with Crippen LogP contribution < -0.4 is 4.74 Å². The van der Waals surface area contributed by atoms with Crippen molar-refractivity contribution in [2.45, 2.75) is 20.1 Å². The third-order valence-electron chi connectivity index (χ3n) is 5.99. The number of carbonyl (C=O) groups excluding carboxylic acids is 1. The highest BCUT2D eigenvalue weighted by Gasteiger charge is 2.22. The molecule has 1 amide bonds. The Morgan fingerprint density at radius 2 is 1.74 bits per heavy atom. The number of ether oxygens (including phenoxy) is 1. The molecule has 3 aromatic carbocycles. The molecule has 0 atom stereocenters. The molecule has 35 heavy (non-hydrogen) atoms. The summed E-state index contributed by atoms with van der Waals surface area (Å²) in [4.78, 5) is 27.8. The van der Waals surface area contributed by atoms with E-state index in [0.717, 1.165) is 30.8 Å². The summed E-state index contributed by atoms with van der Waals surface area (Å²) in [6, 6.07) is 17.7. The van der Waals surface area contributed by atoms with Gasteiger partial charge in [-0.1, -0.05) is 41.4 Å². The fourth-order valence-corrected chi connectivity index (χ4v) is 4.39. The number of hydrogen-bond acceptors (Lipinski definition) is 5. The summed E-state index contributed by atoms with van der Waals surface area (Å²) in [6.45, 7) is 5.52. The highest BCUT2D eigenvalue weighted by Crippen LogP contribution is 2.25. The van der Waals surface area contributed by atoms with Crippen molar-refractivity contribution >= 4 is 34.8 Å². The third kappa shape index (κ3) is 6.31. The molecule has 0 spiro atoms. The molecule has 1 fully saturated rings. The van der Waals surface area contributed by atoms with Crippen molar-refractivity contribution in [2.24, 2.45) is 0 Å². The molecule has 1 heterocycles. The number of aryl methyl sites for hydroxylation is 1. The lowest BCUT2D eigenvalue weighted by Gasteiger charge is -2.35. The third-order valence-corrected chi connectivity index (χ3v) is 6.73. The maximum Gasteiger partial charge on any atom is 0.272 e. The van der Waals surface area contributed by atoms with E-state index in [1.807, 2.05) is 41.3 Å². The van der Waals surface area contributed by atoms with Gasteiger partial charge >= 0.3 is 0 Å². The quantitative estimate of drug-likeness (QED) is 0.297. The molecule has 0 unspecified atom stereocenters. The Balaban J connectivity index is 1.32. The van der Waals surface area contributed by atoms with E-state index >= 15 is 0 Å². The van der Waals surface area contributed by atoms with Crippen LogP contribution in [0.15, 0.2) is 60.7 Å². The summed E-state index contributed by atoms with van der Waals surface area (Å²) < 4.78 is 5.80. The molecule has 0 N–H and O–H groups in total. The van der Waals surface area contributed by atoms with Crippen molar-refractivity contribution in [1.82, 2.24) is 9.80 Å². The molecule has 1 aliphatic rings. The summed E-state index contributed by atoms with van der Waals surface area (Å²) in [7, 11) is 0. The molecule has 7 nitrogen and oxygen atoms in total. The Hall–Kier alpha value is -3.13. The van der Waals surface area contributed by atoms with Crippen molar-refractivity contribution in [3.63, 3.8) is 0 Å². The highest BCUT2D eigenvalue weighted by molar-refractivity contribution is 6.42. The van der Waals surface area contributed by atoms with E-state index in [1.165, 1.54) is 6.07 Å². The minimum absolute atomic E-state index is 0.00721. The van der Waals surface area contributed by atoms with Crippen LogP contribution >= 0.6 is 23.2 Å². The van der Waals surface area contributed by atoms with Crippen molar-refractivity contribution < 1.29 is 14.5 Å². The van der Waals surface area contributed by atoms with Crippen molar-refractivity contribution in [1.29, 1.82) is 0 Å². The maximum atomic E-state index is 13.1. The Bertz CT molecular complexity index is 1240. The molecule has 3 aromatic rings. The van der Waals surface area contributed by atoms with Crippen LogP contribution in [0.3, 0.4) is 0 Å². The van der Waals surface area contributed by atoms with Crippen molar-refractivity contribution in [3.8, 4) is 5.75 Å². The monoisotopic (exact) mass is 513 g/mol. The molecule has 9 heteroatoms. The van der Waals surface area contributed by atoms with E-state index in [2.05, 4.69) is 4.90 Å². The van der Waals surface area contributed by atoms with Crippen molar-refractivity contribution in [3.05, 3.63) is 103 Å². The van der Waals surface area contributed by atoms with Crippen LogP contribution in [0.1, 0.15) is 27.0 Å². The smallest absolute Gasteiger partial charge is 0.272 e. The molecule has 1 aliphatic heterocycles. The number of amides is 1. The number of hydrogen-bond donors (Lipinski definition) is 0. The lowest BCUT2D eigenvalue weighted by Crippen LogP contribution is -2.48. The number of nitro benzene ring substituents is 1. The molecule has 4 rings (SSSR count). The van der Waals surface area contributed by atoms with E-state index in [1.54, 1.807) is 25.1 Å². The number of carbonyl (C=O) groups is 1. The minimum Gasteiger partial charge on any atom is -0.489 e. The van der Waals surface area contributed by atoms with Gasteiger partial charge in [-0.05, 0) is 54.4 Å². The molecule has 1 saturated heterocycles. The van der Waals surface area contributed by atoms with Crippen LogP contribution in [-0.4, -0.2) is 46.8 Å². The topological polar surface area (TPSA) is 75.9 Å². The summed E-state index contributed by atoms with van der Waals surface area (Å²) in [5.74, 6) is 0.537. The van der Waals surface area contributed by atoms with Gasteiger partial charge in [0.1, 0.15) is 12.4 Å². The Morgan fingerprint density at radius 1 is 0.971 bits per heavy atom. The summed E-state index contributed by atoms with van der Waals surface area (Å²) in [6.07, 6.45) is 0. The van der Waals surface area contributed by atoms with E-state index < -0.39 is 4.92 Å². The predicted molar refractivity (Wildman–Crippen MR) is 136 cm³/mol. The molecule has 0 bridgehead atoms. The normalized spacial score (nSPS) is 14.1. The van der Waals surface area contributed by atoms with E-state index in [4.69, 9.17) is 27.9 Å². The zero-order valence-electron chi connectivity index (χ0n) is 19.2. The first-order valence-corrected chi connectivity index (χ1v) is 12.0. The van der Waals surface area contributed by atoms with Gasteiger partial charge in [0.25, 0.3) is 11.6 Å². The molecule has 0 radical (unpaired) electrons. The van der Waals surface area contributed by atoms with Gasteiger partial charge in [0.15, 0.2) is 0 Å². The summed E-state index contributed by atoms with van der Waals surface area (Å²) in [5.41, 5.74) is 3.15. The average molecular weight is 514 g/mol. The standard InChI is InChI=1S/C26H25Cl2N3O4/c1-18-13-22(6-8-25(18)31(33)34)35-17-20-3-2-4-21(14-20)26(32)30-11-9-29(10-12-30)16-19-5-7-23(27)24(28)15-19/h2-8,13-15H,9-12,16-17H2,1H3.